The molecule has 0 amide bonds. The molecule has 1 N–H and O–H groups in total. The van der Waals surface area contributed by atoms with E-state index in [1.807, 2.05) is 0 Å². The van der Waals surface area contributed by atoms with Crippen LogP contribution in [0.15, 0.2) is 0 Å². The first-order valence-electron chi connectivity index (χ1n) is 11.5. The molecule has 26 heavy (non-hydrogen) atoms. The number of hydrogen-bond donors (Lipinski definition) is 1. The number of hydrogen-bond acceptors (Lipinski definition) is 4. The van der Waals surface area contributed by atoms with Crippen molar-refractivity contribution >= 4 is 0 Å². The molecule has 1 saturated carbocycles. The van der Waals surface area contributed by atoms with Gasteiger partial charge in [0, 0.05) is 44.4 Å². The van der Waals surface area contributed by atoms with Crippen molar-refractivity contribution in [2.24, 2.45) is 5.92 Å². The van der Waals surface area contributed by atoms with E-state index in [4.69, 9.17) is 0 Å². The van der Waals surface area contributed by atoms with Crippen LogP contribution in [0.25, 0.3) is 0 Å². The van der Waals surface area contributed by atoms with E-state index in [1.54, 1.807) is 0 Å². The number of nitrogens with zero attached hydrogens (tertiary/aromatic N) is 3. The van der Waals surface area contributed by atoms with Gasteiger partial charge in [0.05, 0.1) is 0 Å². The molecule has 4 heteroatoms. The first-order chi connectivity index (χ1) is 12.7. The van der Waals surface area contributed by atoms with Crippen molar-refractivity contribution in [2.75, 3.05) is 45.9 Å². The van der Waals surface area contributed by atoms with Crippen molar-refractivity contribution in [1.29, 1.82) is 0 Å². The van der Waals surface area contributed by atoms with Crippen LogP contribution in [0.3, 0.4) is 0 Å². The van der Waals surface area contributed by atoms with Gasteiger partial charge in [-0.3, -0.25) is 4.90 Å². The molecule has 1 aliphatic carbocycles. The lowest BCUT2D eigenvalue weighted by molar-refractivity contribution is 0.00169. The minimum Gasteiger partial charge on any atom is -0.396 e. The molecular formula is C22H43N3O. The third-order valence-electron chi connectivity index (χ3n) is 7.33. The fraction of sp³-hybridized carbons (Fsp3) is 1.00. The fourth-order valence-electron chi connectivity index (χ4n) is 5.66. The van der Waals surface area contributed by atoms with Gasteiger partial charge in [0.25, 0.3) is 0 Å². The average molecular weight is 366 g/mol. The van der Waals surface area contributed by atoms with Gasteiger partial charge in [0.1, 0.15) is 0 Å². The summed E-state index contributed by atoms with van der Waals surface area (Å²) in [4.78, 5) is 8.08. The van der Waals surface area contributed by atoms with Crippen molar-refractivity contribution in [3.05, 3.63) is 0 Å². The Balaban J connectivity index is 1.43. The SMILES string of the molecule is CC(C)N1CCC(N2CCN(CCCC3CCCC3)C[C@@H]2CCO)CC1. The Morgan fingerprint density at radius 1 is 0.923 bits per heavy atom. The largest absolute Gasteiger partial charge is 0.396 e. The van der Waals surface area contributed by atoms with Crippen molar-refractivity contribution in [1.82, 2.24) is 14.7 Å². The van der Waals surface area contributed by atoms with E-state index in [9.17, 15) is 5.11 Å². The van der Waals surface area contributed by atoms with Gasteiger partial charge in [-0.2, -0.15) is 0 Å². The minimum atomic E-state index is 0.335. The normalized spacial score (nSPS) is 28.4. The zero-order chi connectivity index (χ0) is 18.4. The van der Waals surface area contributed by atoms with Gasteiger partial charge < -0.3 is 14.9 Å². The van der Waals surface area contributed by atoms with Crippen LogP contribution >= 0.6 is 0 Å². The first-order valence-corrected chi connectivity index (χ1v) is 11.5. The molecule has 0 aromatic carbocycles. The Morgan fingerprint density at radius 3 is 2.31 bits per heavy atom. The molecule has 152 valence electrons. The summed E-state index contributed by atoms with van der Waals surface area (Å²) >= 11 is 0. The maximum atomic E-state index is 9.60. The average Bonchev–Trinajstić information content (AvgIpc) is 3.16. The van der Waals surface area contributed by atoms with Gasteiger partial charge in [0.15, 0.2) is 0 Å². The second-order valence-corrected chi connectivity index (χ2v) is 9.36. The topological polar surface area (TPSA) is 30.0 Å². The third-order valence-corrected chi connectivity index (χ3v) is 7.33. The van der Waals surface area contributed by atoms with E-state index in [0.717, 1.165) is 18.4 Å². The van der Waals surface area contributed by atoms with Crippen molar-refractivity contribution in [3.8, 4) is 0 Å². The molecule has 0 aromatic rings. The van der Waals surface area contributed by atoms with Gasteiger partial charge in [-0.15, -0.1) is 0 Å². The van der Waals surface area contributed by atoms with Crippen molar-refractivity contribution in [2.45, 2.75) is 89.8 Å². The van der Waals surface area contributed by atoms with E-state index in [2.05, 4.69) is 28.5 Å². The number of piperazine rings is 1. The van der Waals surface area contributed by atoms with Crippen LogP contribution in [0.4, 0.5) is 0 Å². The van der Waals surface area contributed by atoms with Gasteiger partial charge in [-0.1, -0.05) is 25.7 Å². The Hall–Kier alpha value is -0.160. The lowest BCUT2D eigenvalue weighted by atomic mass is 9.97. The summed E-state index contributed by atoms with van der Waals surface area (Å²) in [6, 6.07) is 1.99. The summed E-state index contributed by atoms with van der Waals surface area (Å²) in [7, 11) is 0. The standard InChI is InChI=1S/C22H43N3O/c1-19(2)24-13-9-21(10-14-24)25-16-15-23(18-22(25)11-17-26)12-5-8-20-6-3-4-7-20/h19-22,26H,3-18H2,1-2H3/t22-/m0/s1. The molecule has 4 nitrogen and oxygen atoms in total. The number of piperidine rings is 1. The molecule has 0 spiro atoms. The number of aliphatic hydroxyl groups is 1. The Morgan fingerprint density at radius 2 is 1.65 bits per heavy atom. The third kappa shape index (κ3) is 5.67. The summed E-state index contributed by atoms with van der Waals surface area (Å²) < 4.78 is 0. The summed E-state index contributed by atoms with van der Waals surface area (Å²) in [5.74, 6) is 1.02. The van der Waals surface area contributed by atoms with Crippen LogP contribution in [0.2, 0.25) is 0 Å². The van der Waals surface area contributed by atoms with Crippen LogP contribution in [0, 0.1) is 5.92 Å². The van der Waals surface area contributed by atoms with Gasteiger partial charge in [0.2, 0.25) is 0 Å². The molecule has 3 rings (SSSR count). The lowest BCUT2D eigenvalue weighted by Crippen LogP contribution is -2.59. The molecule has 2 saturated heterocycles. The number of rotatable bonds is 8. The van der Waals surface area contributed by atoms with Crippen molar-refractivity contribution in [3.63, 3.8) is 0 Å². The molecule has 0 bridgehead atoms. The Labute approximate surface area is 161 Å². The predicted molar refractivity (Wildman–Crippen MR) is 110 cm³/mol. The maximum Gasteiger partial charge on any atom is 0.0446 e. The zero-order valence-corrected chi connectivity index (χ0v) is 17.4. The van der Waals surface area contributed by atoms with Gasteiger partial charge in [-0.25, -0.2) is 0 Å². The molecular weight excluding hydrogens is 322 g/mol. The summed E-state index contributed by atoms with van der Waals surface area (Å²) in [6.07, 6.45) is 12.3. The molecule has 3 aliphatic rings. The summed E-state index contributed by atoms with van der Waals surface area (Å²) in [5, 5.41) is 9.60. The van der Waals surface area contributed by atoms with E-state index in [0.29, 0.717) is 18.7 Å². The highest BCUT2D eigenvalue weighted by atomic mass is 16.3. The number of likely N-dealkylation sites (tertiary alicyclic amines) is 1. The molecule has 3 fully saturated rings. The highest BCUT2D eigenvalue weighted by Gasteiger charge is 2.33. The maximum absolute atomic E-state index is 9.60. The molecule has 2 heterocycles. The monoisotopic (exact) mass is 365 g/mol. The lowest BCUT2D eigenvalue weighted by Gasteiger charge is -2.48. The summed E-state index contributed by atoms with van der Waals surface area (Å²) in [5.41, 5.74) is 0. The molecule has 0 aromatic heterocycles. The minimum absolute atomic E-state index is 0.335. The highest BCUT2D eigenvalue weighted by molar-refractivity contribution is 4.90. The second-order valence-electron chi connectivity index (χ2n) is 9.36. The van der Waals surface area contributed by atoms with Gasteiger partial charge >= 0.3 is 0 Å². The molecule has 0 unspecified atom stereocenters. The van der Waals surface area contributed by atoms with Crippen LogP contribution < -0.4 is 0 Å². The Bertz CT molecular complexity index is 389. The quantitative estimate of drug-likeness (QED) is 0.715. The van der Waals surface area contributed by atoms with Crippen LogP contribution in [0.5, 0.6) is 0 Å². The van der Waals surface area contributed by atoms with Gasteiger partial charge in [-0.05, 0) is 71.5 Å². The highest BCUT2D eigenvalue weighted by Crippen LogP contribution is 2.29. The first kappa shape index (κ1) is 20.6. The van der Waals surface area contributed by atoms with Crippen LogP contribution in [0.1, 0.15) is 71.6 Å². The summed E-state index contributed by atoms with van der Waals surface area (Å²) in [6.45, 7) is 12.4. The predicted octanol–water partition coefficient (Wildman–Crippen LogP) is 3.20. The van der Waals surface area contributed by atoms with Crippen LogP contribution in [-0.2, 0) is 0 Å². The zero-order valence-electron chi connectivity index (χ0n) is 17.4. The van der Waals surface area contributed by atoms with Crippen LogP contribution in [-0.4, -0.2) is 83.8 Å². The molecule has 1 atom stereocenters. The van der Waals surface area contributed by atoms with E-state index in [1.165, 1.54) is 90.6 Å². The fourth-order valence-corrected chi connectivity index (χ4v) is 5.66. The number of aliphatic hydroxyl groups excluding tert-OH is 1. The smallest absolute Gasteiger partial charge is 0.0446 e. The molecule has 0 radical (unpaired) electrons. The second kappa shape index (κ2) is 10.4. The van der Waals surface area contributed by atoms with Crippen molar-refractivity contribution < 1.29 is 5.11 Å². The van der Waals surface area contributed by atoms with E-state index in [-0.39, 0.29) is 0 Å². The van der Waals surface area contributed by atoms with E-state index >= 15 is 0 Å². The molecule has 2 aliphatic heterocycles. The Kier molecular flexibility index (Phi) is 8.23. The van der Waals surface area contributed by atoms with E-state index < -0.39 is 0 Å².